The zero-order chi connectivity index (χ0) is 22.0. The molecular formula is C22H22N4O4S. The standard InChI is InChI=1S/C22H22N4O4S/c1-13(19(27)25-21(29)23-14-11-12-14)31-22-24-16-8-4-3-7-15(16)20(28)26(22)17-9-5-6-10-18(17)30-2/h3-10,13-14H,11-12H2,1-2H3,(H2,23,25,27,29). The number of thioether (sulfide) groups is 1. The molecular weight excluding hydrogens is 416 g/mol. The number of methoxy groups -OCH3 is 1. The predicted molar refractivity (Wildman–Crippen MR) is 119 cm³/mol. The number of hydrogen-bond acceptors (Lipinski definition) is 6. The van der Waals surface area contributed by atoms with E-state index in [4.69, 9.17) is 4.74 Å². The van der Waals surface area contributed by atoms with Crippen LogP contribution in [0.1, 0.15) is 19.8 Å². The Hall–Kier alpha value is -3.33. The van der Waals surface area contributed by atoms with Crippen molar-refractivity contribution in [2.45, 2.75) is 36.2 Å². The SMILES string of the molecule is COc1ccccc1-n1c(SC(C)C(=O)NC(=O)NC2CC2)nc2ccccc2c1=O. The average molecular weight is 439 g/mol. The molecule has 2 N–H and O–H groups in total. The summed E-state index contributed by atoms with van der Waals surface area (Å²) in [6.07, 6.45) is 1.86. The average Bonchev–Trinajstić information content (AvgIpc) is 3.58. The highest BCUT2D eigenvalue weighted by atomic mass is 32.2. The number of rotatable bonds is 6. The molecule has 1 aromatic heterocycles. The van der Waals surface area contributed by atoms with Crippen LogP contribution in [-0.4, -0.2) is 39.9 Å². The van der Waals surface area contributed by atoms with E-state index < -0.39 is 17.2 Å². The molecule has 8 nitrogen and oxygen atoms in total. The summed E-state index contributed by atoms with van der Waals surface area (Å²) in [5.74, 6) is 0.0431. The lowest BCUT2D eigenvalue weighted by Gasteiger charge is -2.17. The van der Waals surface area contributed by atoms with Crippen molar-refractivity contribution in [2.24, 2.45) is 0 Å². The van der Waals surface area contributed by atoms with Crippen LogP contribution in [0.5, 0.6) is 5.75 Å². The van der Waals surface area contributed by atoms with E-state index in [0.717, 1.165) is 24.6 Å². The third kappa shape index (κ3) is 4.56. The maximum atomic E-state index is 13.4. The van der Waals surface area contributed by atoms with Gasteiger partial charge in [0.1, 0.15) is 5.75 Å². The summed E-state index contributed by atoms with van der Waals surface area (Å²) < 4.78 is 6.89. The van der Waals surface area contributed by atoms with Crippen LogP contribution in [0, 0.1) is 0 Å². The normalized spacial score (nSPS) is 14.1. The Labute approximate surface area is 183 Å². The third-order valence-electron chi connectivity index (χ3n) is 4.87. The Morgan fingerprint density at radius 3 is 2.61 bits per heavy atom. The van der Waals surface area contributed by atoms with Crippen molar-refractivity contribution in [2.75, 3.05) is 7.11 Å². The van der Waals surface area contributed by atoms with E-state index in [9.17, 15) is 14.4 Å². The van der Waals surface area contributed by atoms with Gasteiger partial charge in [0.05, 0.1) is 29.0 Å². The van der Waals surface area contributed by atoms with Gasteiger partial charge in [0, 0.05) is 6.04 Å². The fourth-order valence-corrected chi connectivity index (χ4v) is 4.01. The fraction of sp³-hybridized carbons (Fsp3) is 0.273. The number of aromatic nitrogens is 2. The summed E-state index contributed by atoms with van der Waals surface area (Å²) in [6, 6.07) is 13.8. The fourth-order valence-electron chi connectivity index (χ4n) is 3.09. The van der Waals surface area contributed by atoms with E-state index in [1.54, 1.807) is 49.4 Å². The van der Waals surface area contributed by atoms with Gasteiger partial charge >= 0.3 is 6.03 Å². The molecule has 1 aliphatic carbocycles. The number of nitrogens with zero attached hydrogens (tertiary/aromatic N) is 2. The molecule has 1 fully saturated rings. The van der Waals surface area contributed by atoms with Crippen LogP contribution in [-0.2, 0) is 4.79 Å². The van der Waals surface area contributed by atoms with Crippen LogP contribution >= 0.6 is 11.8 Å². The van der Waals surface area contributed by atoms with Crippen molar-refractivity contribution < 1.29 is 14.3 Å². The highest BCUT2D eigenvalue weighted by Crippen LogP contribution is 2.29. The van der Waals surface area contributed by atoms with Gasteiger partial charge in [-0.15, -0.1) is 0 Å². The second-order valence-corrected chi connectivity index (χ2v) is 8.53. The molecule has 31 heavy (non-hydrogen) atoms. The van der Waals surface area contributed by atoms with E-state index in [1.807, 2.05) is 6.07 Å². The molecule has 1 aliphatic rings. The molecule has 0 bridgehead atoms. The lowest BCUT2D eigenvalue weighted by atomic mass is 10.2. The Balaban J connectivity index is 1.71. The van der Waals surface area contributed by atoms with Gasteiger partial charge in [0.25, 0.3) is 5.56 Å². The van der Waals surface area contributed by atoms with E-state index in [2.05, 4.69) is 15.6 Å². The number of imide groups is 1. The third-order valence-corrected chi connectivity index (χ3v) is 5.92. The molecule has 4 rings (SSSR count). The van der Waals surface area contributed by atoms with E-state index in [-0.39, 0.29) is 11.6 Å². The van der Waals surface area contributed by atoms with Crippen molar-refractivity contribution in [3.8, 4) is 11.4 Å². The predicted octanol–water partition coefficient (Wildman–Crippen LogP) is 2.86. The molecule has 9 heteroatoms. The van der Waals surface area contributed by atoms with Crippen LogP contribution in [0.4, 0.5) is 4.79 Å². The minimum Gasteiger partial charge on any atom is -0.495 e. The van der Waals surface area contributed by atoms with Gasteiger partial charge in [-0.2, -0.15) is 0 Å². The highest BCUT2D eigenvalue weighted by Gasteiger charge is 2.26. The number of benzene rings is 2. The number of amides is 3. The number of nitrogens with one attached hydrogen (secondary N) is 2. The first-order chi connectivity index (χ1) is 15.0. The molecule has 1 heterocycles. The summed E-state index contributed by atoms with van der Waals surface area (Å²) in [7, 11) is 1.53. The topological polar surface area (TPSA) is 102 Å². The van der Waals surface area contributed by atoms with Crippen LogP contribution < -0.4 is 20.9 Å². The number of carbonyl (C=O) groups is 2. The molecule has 3 aromatic rings. The van der Waals surface area contributed by atoms with Crippen LogP contribution in [0.25, 0.3) is 16.6 Å². The summed E-state index contributed by atoms with van der Waals surface area (Å²) in [5.41, 5.74) is 0.784. The van der Waals surface area contributed by atoms with Gasteiger partial charge in [-0.05, 0) is 44.0 Å². The second-order valence-electron chi connectivity index (χ2n) is 7.22. The number of fused-ring (bicyclic) bond motifs is 1. The lowest BCUT2D eigenvalue weighted by molar-refractivity contribution is -0.119. The largest absolute Gasteiger partial charge is 0.495 e. The maximum absolute atomic E-state index is 13.4. The Kier molecular flexibility index (Phi) is 5.94. The molecule has 160 valence electrons. The lowest BCUT2D eigenvalue weighted by Crippen LogP contribution is -2.43. The van der Waals surface area contributed by atoms with E-state index in [0.29, 0.717) is 27.5 Å². The van der Waals surface area contributed by atoms with Gasteiger partial charge in [0.15, 0.2) is 5.16 Å². The molecule has 1 unspecified atom stereocenters. The summed E-state index contributed by atoms with van der Waals surface area (Å²) in [4.78, 5) is 42.5. The zero-order valence-electron chi connectivity index (χ0n) is 17.1. The minimum atomic E-state index is -0.668. The van der Waals surface area contributed by atoms with Crippen molar-refractivity contribution in [1.82, 2.24) is 20.2 Å². The Bertz CT molecular complexity index is 1210. The van der Waals surface area contributed by atoms with E-state index in [1.165, 1.54) is 11.7 Å². The smallest absolute Gasteiger partial charge is 0.321 e. The summed E-state index contributed by atoms with van der Waals surface area (Å²) >= 11 is 1.10. The second kappa shape index (κ2) is 8.81. The number of para-hydroxylation sites is 3. The number of urea groups is 1. The Morgan fingerprint density at radius 2 is 1.87 bits per heavy atom. The van der Waals surface area contributed by atoms with Crippen molar-refractivity contribution in [3.05, 3.63) is 58.9 Å². The van der Waals surface area contributed by atoms with Gasteiger partial charge in [0.2, 0.25) is 5.91 Å². The Morgan fingerprint density at radius 1 is 1.16 bits per heavy atom. The van der Waals surface area contributed by atoms with Crippen molar-refractivity contribution in [1.29, 1.82) is 0 Å². The first-order valence-corrected chi connectivity index (χ1v) is 10.8. The van der Waals surface area contributed by atoms with Gasteiger partial charge < -0.3 is 10.1 Å². The van der Waals surface area contributed by atoms with Crippen molar-refractivity contribution in [3.63, 3.8) is 0 Å². The molecule has 0 saturated heterocycles. The van der Waals surface area contributed by atoms with Crippen LogP contribution in [0.3, 0.4) is 0 Å². The monoisotopic (exact) mass is 438 g/mol. The molecule has 1 saturated carbocycles. The van der Waals surface area contributed by atoms with Crippen molar-refractivity contribution >= 4 is 34.6 Å². The quantitative estimate of drug-likeness (QED) is 0.453. The van der Waals surface area contributed by atoms with Gasteiger partial charge in [-0.3, -0.25) is 19.5 Å². The van der Waals surface area contributed by atoms with Gasteiger partial charge in [-0.25, -0.2) is 9.78 Å². The first kappa shape index (κ1) is 20.9. The molecule has 2 aromatic carbocycles. The summed E-state index contributed by atoms with van der Waals surface area (Å²) in [6.45, 7) is 1.66. The minimum absolute atomic E-state index is 0.147. The molecule has 0 radical (unpaired) electrons. The molecule has 0 spiro atoms. The number of carbonyl (C=O) groups excluding carboxylic acids is 2. The molecule has 1 atom stereocenters. The summed E-state index contributed by atoms with van der Waals surface area (Å²) in [5, 5.41) is 5.20. The van der Waals surface area contributed by atoms with Crippen LogP contribution in [0.2, 0.25) is 0 Å². The number of ether oxygens (including phenoxy) is 1. The van der Waals surface area contributed by atoms with E-state index >= 15 is 0 Å². The first-order valence-electron chi connectivity index (χ1n) is 9.91. The molecule has 3 amide bonds. The molecule has 0 aliphatic heterocycles. The van der Waals surface area contributed by atoms with Crippen LogP contribution in [0.15, 0.2) is 58.5 Å². The highest BCUT2D eigenvalue weighted by molar-refractivity contribution is 8.00. The maximum Gasteiger partial charge on any atom is 0.321 e. The number of hydrogen-bond donors (Lipinski definition) is 2. The van der Waals surface area contributed by atoms with Gasteiger partial charge in [-0.1, -0.05) is 36.0 Å². The zero-order valence-corrected chi connectivity index (χ0v) is 17.9.